The molecule has 12 heteroatoms. The summed E-state index contributed by atoms with van der Waals surface area (Å²) in [4.78, 5) is 49.5. The normalized spacial score (nSPS) is 16.0. The van der Waals surface area contributed by atoms with Gasteiger partial charge in [0.25, 0.3) is 11.8 Å². The Kier molecular flexibility index (Phi) is 6.98. The van der Waals surface area contributed by atoms with Crippen LogP contribution in [0.1, 0.15) is 50.8 Å². The minimum atomic E-state index is -0.183. The van der Waals surface area contributed by atoms with Crippen LogP contribution in [-0.4, -0.2) is 78.9 Å². The number of hydrogen-bond donors (Lipinski definition) is 1. The number of fused-ring (bicyclic) bond motifs is 1. The molecule has 1 N–H and O–H groups in total. The fourth-order valence-corrected chi connectivity index (χ4v) is 5.43. The first-order chi connectivity index (χ1) is 19.9. The van der Waals surface area contributed by atoms with Crippen LogP contribution in [0, 0.1) is 0 Å². The van der Waals surface area contributed by atoms with E-state index in [1.54, 1.807) is 53.4 Å². The van der Waals surface area contributed by atoms with Crippen molar-refractivity contribution in [2.45, 2.75) is 19.5 Å². The molecule has 208 valence electrons. The van der Waals surface area contributed by atoms with Gasteiger partial charge in [0.2, 0.25) is 5.91 Å². The van der Waals surface area contributed by atoms with Gasteiger partial charge in [-0.15, -0.1) is 10.2 Å². The first-order valence-corrected chi connectivity index (χ1v) is 13.4. The molecule has 4 heterocycles. The van der Waals surface area contributed by atoms with Gasteiger partial charge in [-0.2, -0.15) is 4.80 Å². The largest absolute Gasteiger partial charge is 0.335 e. The average molecular weight is 552 g/mol. The molecular formula is C29H29N9O3. The minimum absolute atomic E-state index is 0.155. The van der Waals surface area contributed by atoms with E-state index in [1.807, 2.05) is 30.3 Å². The Labute approximate surface area is 236 Å². The molecule has 0 bridgehead atoms. The number of aromatic nitrogens is 5. The van der Waals surface area contributed by atoms with Crippen LogP contribution in [0.5, 0.6) is 0 Å². The molecule has 2 aliphatic rings. The Hall–Kier alpha value is -4.97. The van der Waals surface area contributed by atoms with Gasteiger partial charge < -0.3 is 15.1 Å². The van der Waals surface area contributed by atoms with Crippen molar-refractivity contribution in [1.82, 2.24) is 35.0 Å². The van der Waals surface area contributed by atoms with Gasteiger partial charge in [-0.25, -0.2) is 0 Å². The molecular weight excluding hydrogens is 522 g/mol. The van der Waals surface area contributed by atoms with Crippen molar-refractivity contribution < 1.29 is 14.4 Å². The molecule has 0 spiro atoms. The predicted molar refractivity (Wildman–Crippen MR) is 150 cm³/mol. The maximum atomic E-state index is 13.5. The zero-order valence-electron chi connectivity index (χ0n) is 22.8. The van der Waals surface area contributed by atoms with Crippen molar-refractivity contribution in [2.75, 3.05) is 36.4 Å². The van der Waals surface area contributed by atoms with Gasteiger partial charge in [-0.1, -0.05) is 30.3 Å². The summed E-state index contributed by atoms with van der Waals surface area (Å²) in [5, 5.41) is 15.5. The van der Waals surface area contributed by atoms with Crippen molar-refractivity contribution in [2.24, 2.45) is 7.05 Å². The second-order valence-electron chi connectivity index (χ2n) is 10.1. The van der Waals surface area contributed by atoms with E-state index in [2.05, 4.69) is 30.6 Å². The summed E-state index contributed by atoms with van der Waals surface area (Å²) in [6.45, 7) is 4.05. The van der Waals surface area contributed by atoms with Gasteiger partial charge in [-0.3, -0.25) is 24.3 Å². The number of anilines is 2. The highest BCUT2D eigenvalue weighted by Crippen LogP contribution is 2.31. The van der Waals surface area contributed by atoms with Crippen LogP contribution in [0.4, 0.5) is 11.4 Å². The third-order valence-electron chi connectivity index (χ3n) is 7.35. The molecule has 3 amide bonds. The number of piperazine rings is 1. The van der Waals surface area contributed by atoms with E-state index in [0.717, 1.165) is 11.1 Å². The SMILES string of the molecule is CC(=O)Nc1ccc2c(c1)CN(c1ccnc(C(=O)N3CCN(C(c4ccccc4)c4nnn(C)n4)CC3)c1)C2=O. The van der Waals surface area contributed by atoms with Crippen molar-refractivity contribution in [3.8, 4) is 0 Å². The standard InChI is InChI=1S/C29H29N9O3/c1-19(39)31-22-8-9-24-21(16-22)18-38(28(24)40)23-10-11-30-25(17-23)29(41)37-14-12-36(13-15-37)26(20-6-4-3-5-7-20)27-32-34-35(2)33-27/h3-11,16-17,26H,12-15,18H2,1-2H3,(H,31,39). The van der Waals surface area contributed by atoms with Gasteiger partial charge in [0.1, 0.15) is 5.69 Å². The molecule has 1 fully saturated rings. The second-order valence-corrected chi connectivity index (χ2v) is 10.1. The zero-order valence-corrected chi connectivity index (χ0v) is 22.8. The van der Waals surface area contributed by atoms with Gasteiger partial charge >= 0.3 is 0 Å². The van der Waals surface area contributed by atoms with Crippen LogP contribution in [-0.2, 0) is 18.4 Å². The monoisotopic (exact) mass is 551 g/mol. The number of benzene rings is 2. The fourth-order valence-electron chi connectivity index (χ4n) is 5.43. The number of carbonyl (C=O) groups excluding carboxylic acids is 3. The molecule has 0 saturated carbocycles. The molecule has 4 aromatic rings. The van der Waals surface area contributed by atoms with Crippen molar-refractivity contribution in [1.29, 1.82) is 0 Å². The molecule has 0 radical (unpaired) electrons. The highest BCUT2D eigenvalue weighted by molar-refractivity contribution is 6.10. The summed E-state index contributed by atoms with van der Waals surface area (Å²) >= 11 is 0. The first-order valence-electron chi connectivity index (χ1n) is 13.4. The van der Waals surface area contributed by atoms with E-state index in [0.29, 0.717) is 55.5 Å². The van der Waals surface area contributed by atoms with Gasteiger partial charge in [0.15, 0.2) is 5.82 Å². The summed E-state index contributed by atoms with van der Waals surface area (Å²) in [5.41, 5.74) is 3.98. The lowest BCUT2D eigenvalue weighted by Crippen LogP contribution is -2.50. The first kappa shape index (κ1) is 26.3. The summed E-state index contributed by atoms with van der Waals surface area (Å²) in [6, 6.07) is 18.5. The second kappa shape index (κ2) is 10.9. The van der Waals surface area contributed by atoms with Crippen molar-refractivity contribution in [3.63, 3.8) is 0 Å². The quantitative estimate of drug-likeness (QED) is 0.386. The number of hydrogen-bond acceptors (Lipinski definition) is 8. The molecule has 1 unspecified atom stereocenters. The Balaban J connectivity index is 1.15. The number of nitrogens with one attached hydrogen (secondary N) is 1. The van der Waals surface area contributed by atoms with Crippen LogP contribution >= 0.6 is 0 Å². The van der Waals surface area contributed by atoms with E-state index in [-0.39, 0.29) is 29.5 Å². The van der Waals surface area contributed by atoms with Crippen LogP contribution in [0.2, 0.25) is 0 Å². The van der Waals surface area contributed by atoms with E-state index >= 15 is 0 Å². The third kappa shape index (κ3) is 5.29. The van der Waals surface area contributed by atoms with E-state index in [9.17, 15) is 14.4 Å². The van der Waals surface area contributed by atoms with Crippen LogP contribution in [0.15, 0.2) is 66.9 Å². The Morgan fingerprint density at radius 3 is 2.46 bits per heavy atom. The van der Waals surface area contributed by atoms with Crippen LogP contribution in [0.25, 0.3) is 0 Å². The van der Waals surface area contributed by atoms with Gasteiger partial charge in [-0.05, 0) is 46.7 Å². The molecule has 1 saturated heterocycles. The van der Waals surface area contributed by atoms with Crippen LogP contribution in [0.3, 0.4) is 0 Å². The lowest BCUT2D eigenvalue weighted by Gasteiger charge is -2.38. The van der Waals surface area contributed by atoms with Gasteiger partial charge in [0.05, 0.1) is 19.6 Å². The number of tetrazole rings is 1. The smallest absolute Gasteiger partial charge is 0.272 e. The van der Waals surface area contributed by atoms with E-state index < -0.39 is 0 Å². The topological polar surface area (TPSA) is 129 Å². The summed E-state index contributed by atoms with van der Waals surface area (Å²) in [5.74, 6) is 0.105. The fraction of sp³-hybridized carbons (Fsp3) is 0.276. The molecule has 6 rings (SSSR count). The molecule has 41 heavy (non-hydrogen) atoms. The number of pyridine rings is 1. The molecule has 0 aliphatic carbocycles. The zero-order chi connectivity index (χ0) is 28.5. The average Bonchev–Trinajstić information content (AvgIpc) is 3.55. The predicted octanol–water partition coefficient (Wildman–Crippen LogP) is 2.27. The Morgan fingerprint density at radius 2 is 1.76 bits per heavy atom. The lowest BCUT2D eigenvalue weighted by molar-refractivity contribution is -0.114. The highest BCUT2D eigenvalue weighted by Gasteiger charge is 2.33. The van der Waals surface area contributed by atoms with Gasteiger partial charge in [0, 0.05) is 56.2 Å². The number of amides is 3. The lowest BCUT2D eigenvalue weighted by atomic mass is 10.0. The Bertz CT molecular complexity index is 1610. The molecule has 2 aliphatic heterocycles. The van der Waals surface area contributed by atoms with E-state index in [4.69, 9.17) is 0 Å². The van der Waals surface area contributed by atoms with Crippen molar-refractivity contribution in [3.05, 3.63) is 95.1 Å². The van der Waals surface area contributed by atoms with Crippen molar-refractivity contribution >= 4 is 29.1 Å². The number of carbonyl (C=O) groups is 3. The van der Waals surface area contributed by atoms with E-state index in [1.165, 1.54) is 11.7 Å². The Morgan fingerprint density at radius 1 is 0.976 bits per heavy atom. The highest BCUT2D eigenvalue weighted by atomic mass is 16.2. The third-order valence-corrected chi connectivity index (χ3v) is 7.35. The summed E-state index contributed by atoms with van der Waals surface area (Å²) in [6.07, 6.45) is 1.56. The van der Waals surface area contributed by atoms with Crippen LogP contribution < -0.4 is 10.2 Å². The molecule has 2 aromatic heterocycles. The minimum Gasteiger partial charge on any atom is -0.335 e. The number of aryl methyl sites for hydroxylation is 1. The summed E-state index contributed by atoms with van der Waals surface area (Å²) < 4.78 is 0. The number of nitrogens with zero attached hydrogens (tertiary/aromatic N) is 8. The maximum absolute atomic E-state index is 13.5. The summed E-state index contributed by atoms with van der Waals surface area (Å²) in [7, 11) is 1.74. The molecule has 2 aromatic carbocycles. The molecule has 1 atom stereocenters. The maximum Gasteiger partial charge on any atom is 0.272 e. The number of rotatable bonds is 6. The molecule has 12 nitrogen and oxygen atoms in total.